The summed E-state index contributed by atoms with van der Waals surface area (Å²) in [5.41, 5.74) is 0.992. The summed E-state index contributed by atoms with van der Waals surface area (Å²) in [6.45, 7) is 3.20. The molecule has 0 spiro atoms. The SMILES string of the molecule is Cc1ccc(NC(=O)c2cccc([P+](=O)[O-])c2)cc1F.OC1CNC1. The standard InChI is InChI=1S/C14H11FNO3P.C3H7NO/c1-9-5-6-11(8-13(9)15)16-14(17)10-3-2-4-12(7-10)20(18)19;5-3-1-4-2-3/h2-8H,1H3,(H,16,17);3-5H,1-2H2. The zero-order valence-electron chi connectivity index (χ0n) is 13.5. The van der Waals surface area contributed by atoms with Crippen LogP contribution in [-0.4, -0.2) is 30.2 Å². The Morgan fingerprint density at radius 3 is 2.52 bits per heavy atom. The van der Waals surface area contributed by atoms with Gasteiger partial charge in [0.2, 0.25) is 0 Å². The van der Waals surface area contributed by atoms with Gasteiger partial charge in [0, 0.05) is 30.4 Å². The normalized spacial score (nSPS) is 14.0. The molecule has 6 nitrogen and oxygen atoms in total. The van der Waals surface area contributed by atoms with E-state index in [1.165, 1.54) is 30.3 Å². The summed E-state index contributed by atoms with van der Waals surface area (Å²) in [7, 11) is -2.75. The highest BCUT2D eigenvalue weighted by Gasteiger charge is 2.13. The molecule has 1 heterocycles. The lowest BCUT2D eigenvalue weighted by molar-refractivity contribution is -0.160. The minimum Gasteiger partial charge on any atom is -0.591 e. The lowest BCUT2D eigenvalue weighted by atomic mass is 10.2. The van der Waals surface area contributed by atoms with Crippen LogP contribution in [0, 0.1) is 12.7 Å². The number of aliphatic hydroxyl groups is 1. The van der Waals surface area contributed by atoms with Crippen molar-refractivity contribution in [1.29, 1.82) is 0 Å². The van der Waals surface area contributed by atoms with Crippen molar-refractivity contribution in [2.24, 2.45) is 0 Å². The van der Waals surface area contributed by atoms with Gasteiger partial charge in [-0.1, -0.05) is 16.7 Å². The van der Waals surface area contributed by atoms with E-state index in [9.17, 15) is 18.6 Å². The van der Waals surface area contributed by atoms with Crippen LogP contribution in [0.2, 0.25) is 0 Å². The molecule has 8 heteroatoms. The number of carbonyl (C=O) groups excluding carboxylic acids is 1. The minimum atomic E-state index is -2.75. The molecule has 0 aromatic heterocycles. The molecule has 1 aliphatic rings. The molecule has 1 amide bonds. The quantitative estimate of drug-likeness (QED) is 0.707. The molecule has 1 saturated heterocycles. The molecule has 25 heavy (non-hydrogen) atoms. The van der Waals surface area contributed by atoms with Gasteiger partial charge < -0.3 is 20.6 Å². The molecule has 3 N–H and O–H groups in total. The Labute approximate surface area is 145 Å². The average Bonchev–Trinajstić information content (AvgIpc) is 2.57. The van der Waals surface area contributed by atoms with Crippen LogP contribution in [0.5, 0.6) is 0 Å². The Morgan fingerprint density at radius 2 is 2.00 bits per heavy atom. The number of amides is 1. The molecule has 0 saturated carbocycles. The summed E-state index contributed by atoms with van der Waals surface area (Å²) in [4.78, 5) is 22.8. The van der Waals surface area contributed by atoms with Crippen molar-refractivity contribution in [3.8, 4) is 0 Å². The number of halogens is 1. The number of benzene rings is 2. The van der Waals surface area contributed by atoms with Gasteiger partial charge in [-0.3, -0.25) is 4.79 Å². The Kier molecular flexibility index (Phi) is 6.73. The van der Waals surface area contributed by atoms with Crippen molar-refractivity contribution in [2.75, 3.05) is 18.4 Å². The first-order valence-corrected chi connectivity index (χ1v) is 8.75. The fourth-order valence-electron chi connectivity index (χ4n) is 1.91. The van der Waals surface area contributed by atoms with Crippen molar-refractivity contribution < 1.29 is 23.7 Å². The number of aryl methyl sites for hydroxylation is 1. The number of carbonyl (C=O) groups is 1. The predicted octanol–water partition coefficient (Wildman–Crippen LogP) is 1.06. The third-order valence-electron chi connectivity index (χ3n) is 3.51. The van der Waals surface area contributed by atoms with E-state index in [4.69, 9.17) is 5.11 Å². The smallest absolute Gasteiger partial charge is 0.348 e. The van der Waals surface area contributed by atoms with Crippen molar-refractivity contribution >= 4 is 24.9 Å². The molecule has 0 radical (unpaired) electrons. The number of anilines is 1. The first kappa shape index (κ1) is 19.1. The minimum absolute atomic E-state index is 0.0463. The van der Waals surface area contributed by atoms with Gasteiger partial charge in [0.15, 0.2) is 5.30 Å². The van der Waals surface area contributed by atoms with Crippen LogP contribution in [0.15, 0.2) is 42.5 Å². The summed E-state index contributed by atoms with van der Waals surface area (Å²) in [6, 6.07) is 9.97. The largest absolute Gasteiger partial charge is 0.591 e. The molecular weight excluding hydrogens is 346 g/mol. The van der Waals surface area contributed by atoms with Crippen LogP contribution < -0.4 is 20.8 Å². The highest BCUT2D eigenvalue weighted by molar-refractivity contribution is 7.45. The maximum Gasteiger partial charge on any atom is 0.348 e. The van der Waals surface area contributed by atoms with E-state index in [1.54, 1.807) is 19.1 Å². The highest BCUT2D eigenvalue weighted by Crippen LogP contribution is 2.15. The molecule has 2 aromatic rings. The van der Waals surface area contributed by atoms with E-state index in [2.05, 4.69) is 10.6 Å². The van der Waals surface area contributed by atoms with Crippen LogP contribution in [0.4, 0.5) is 10.1 Å². The molecule has 132 valence electrons. The lowest BCUT2D eigenvalue weighted by Crippen LogP contribution is -2.46. The van der Waals surface area contributed by atoms with Gasteiger partial charge >= 0.3 is 8.03 Å². The molecule has 0 bridgehead atoms. The van der Waals surface area contributed by atoms with E-state index < -0.39 is 19.8 Å². The zero-order valence-corrected chi connectivity index (χ0v) is 14.4. The second-order valence-corrected chi connectivity index (χ2v) is 6.57. The van der Waals surface area contributed by atoms with E-state index in [-0.39, 0.29) is 17.0 Å². The van der Waals surface area contributed by atoms with Gasteiger partial charge in [0.25, 0.3) is 5.91 Å². The molecule has 1 fully saturated rings. The van der Waals surface area contributed by atoms with Crippen molar-refractivity contribution in [3.05, 3.63) is 59.4 Å². The number of hydrogen-bond donors (Lipinski definition) is 3. The summed E-state index contributed by atoms with van der Waals surface area (Å²) in [5.74, 6) is -0.911. The Morgan fingerprint density at radius 1 is 1.32 bits per heavy atom. The number of β-amino-alcohol motifs (C(OH)–C–C–N with tert-alkyl or cyclic N) is 1. The van der Waals surface area contributed by atoms with Crippen molar-refractivity contribution in [3.63, 3.8) is 0 Å². The van der Waals surface area contributed by atoms with Gasteiger partial charge in [-0.05, 0) is 36.8 Å². The molecule has 1 atom stereocenters. The Balaban J connectivity index is 0.000000386. The second kappa shape index (κ2) is 8.78. The third-order valence-corrected chi connectivity index (χ3v) is 4.21. The molecule has 1 aliphatic heterocycles. The van der Waals surface area contributed by atoms with Crippen LogP contribution in [0.1, 0.15) is 15.9 Å². The number of nitrogens with one attached hydrogen (secondary N) is 2. The van der Waals surface area contributed by atoms with Crippen LogP contribution in [-0.2, 0) is 4.57 Å². The van der Waals surface area contributed by atoms with Crippen molar-refractivity contribution in [1.82, 2.24) is 5.32 Å². The van der Waals surface area contributed by atoms with Crippen LogP contribution in [0.3, 0.4) is 0 Å². The fourth-order valence-corrected chi connectivity index (χ4v) is 2.36. The van der Waals surface area contributed by atoms with E-state index in [0.717, 1.165) is 13.1 Å². The van der Waals surface area contributed by atoms with Gasteiger partial charge in [0.1, 0.15) is 5.82 Å². The first-order chi connectivity index (χ1) is 11.9. The summed E-state index contributed by atoms with van der Waals surface area (Å²) >= 11 is 0. The monoisotopic (exact) mass is 364 g/mol. The van der Waals surface area contributed by atoms with E-state index >= 15 is 0 Å². The fraction of sp³-hybridized carbons (Fsp3) is 0.235. The molecule has 1 unspecified atom stereocenters. The second-order valence-electron chi connectivity index (χ2n) is 5.54. The molecule has 2 aromatic carbocycles. The van der Waals surface area contributed by atoms with Gasteiger partial charge in [-0.2, -0.15) is 0 Å². The summed E-state index contributed by atoms with van der Waals surface area (Å²) < 4.78 is 24.2. The average molecular weight is 364 g/mol. The molecular formula is C17H18FN2O4P. The van der Waals surface area contributed by atoms with Gasteiger partial charge in [0.05, 0.1) is 6.10 Å². The van der Waals surface area contributed by atoms with Crippen LogP contribution >= 0.6 is 8.03 Å². The Hall–Kier alpha value is -2.18. The van der Waals surface area contributed by atoms with E-state index in [0.29, 0.717) is 11.3 Å². The predicted molar refractivity (Wildman–Crippen MR) is 91.6 cm³/mol. The summed E-state index contributed by atoms with van der Waals surface area (Å²) in [6.07, 6.45) is -0.0463. The summed E-state index contributed by atoms with van der Waals surface area (Å²) in [5, 5.41) is 13.9. The number of aliphatic hydroxyl groups excluding tert-OH is 1. The topological polar surface area (TPSA) is 101 Å². The van der Waals surface area contributed by atoms with E-state index in [1.807, 2.05) is 0 Å². The Bertz CT molecular complexity index is 781. The number of rotatable bonds is 3. The third kappa shape index (κ3) is 5.69. The molecule has 0 aliphatic carbocycles. The molecule has 3 rings (SSSR count). The highest BCUT2D eigenvalue weighted by atomic mass is 31.1. The maximum absolute atomic E-state index is 13.4. The first-order valence-electron chi connectivity index (χ1n) is 7.57. The maximum atomic E-state index is 13.4. The van der Waals surface area contributed by atoms with Crippen LogP contribution in [0.25, 0.3) is 0 Å². The number of hydrogen-bond acceptors (Lipinski definition) is 5. The zero-order chi connectivity index (χ0) is 18.4. The van der Waals surface area contributed by atoms with Gasteiger partial charge in [-0.25, -0.2) is 4.39 Å². The van der Waals surface area contributed by atoms with Crippen molar-refractivity contribution in [2.45, 2.75) is 13.0 Å². The van der Waals surface area contributed by atoms with Gasteiger partial charge in [-0.15, -0.1) is 0 Å². The lowest BCUT2D eigenvalue weighted by Gasteiger charge is -2.20.